The first-order valence-corrected chi connectivity index (χ1v) is 9.55. The van der Waals surface area contributed by atoms with Gasteiger partial charge in [0, 0.05) is 22.3 Å². The lowest BCUT2D eigenvalue weighted by Crippen LogP contribution is -1.97. The second kappa shape index (κ2) is 8.83. The Labute approximate surface area is 180 Å². The van der Waals surface area contributed by atoms with Gasteiger partial charge >= 0.3 is 5.69 Å². The second-order valence-corrected chi connectivity index (χ2v) is 7.41. The highest BCUT2D eigenvalue weighted by Crippen LogP contribution is 2.36. The molecule has 3 aromatic rings. The van der Waals surface area contributed by atoms with Gasteiger partial charge in [-0.1, -0.05) is 33.6 Å². The van der Waals surface area contributed by atoms with Crippen LogP contribution in [-0.4, -0.2) is 16.1 Å². The van der Waals surface area contributed by atoms with E-state index in [1.807, 2.05) is 32.0 Å². The van der Waals surface area contributed by atoms with E-state index in [-0.39, 0.29) is 11.4 Å². The number of non-ortho nitro benzene ring substituents is 1. The van der Waals surface area contributed by atoms with E-state index in [1.165, 1.54) is 6.07 Å². The number of rotatable bonds is 6. The molecule has 9 heteroatoms. The summed E-state index contributed by atoms with van der Waals surface area (Å²) in [6.45, 7) is 3.95. The Morgan fingerprint density at radius 3 is 2.33 bits per heavy atom. The van der Waals surface area contributed by atoms with E-state index in [2.05, 4.69) is 20.9 Å². The molecule has 0 radical (unpaired) electrons. The number of halogens is 1. The van der Waals surface area contributed by atoms with Gasteiger partial charge in [-0.3, -0.25) is 25.2 Å². The fourth-order valence-electron chi connectivity index (χ4n) is 2.77. The molecule has 0 aliphatic heterocycles. The van der Waals surface area contributed by atoms with E-state index in [4.69, 9.17) is 4.74 Å². The minimum atomic E-state index is -0.718. The van der Waals surface area contributed by atoms with Gasteiger partial charge in [-0.05, 0) is 49.7 Å². The highest BCUT2D eigenvalue weighted by molar-refractivity contribution is 9.10. The molecule has 0 amide bonds. The Kier molecular flexibility index (Phi) is 6.22. The van der Waals surface area contributed by atoms with Crippen LogP contribution in [0.1, 0.15) is 16.7 Å². The first kappa shape index (κ1) is 21.1. The van der Waals surface area contributed by atoms with Crippen molar-refractivity contribution in [2.24, 2.45) is 4.99 Å². The highest BCUT2D eigenvalue weighted by atomic mass is 79.9. The molecule has 0 spiro atoms. The summed E-state index contributed by atoms with van der Waals surface area (Å²) in [5.41, 5.74) is 2.62. The zero-order valence-electron chi connectivity index (χ0n) is 16.0. The fraction of sp³-hybridized carbons (Fsp3) is 0.0952. The third-order valence-corrected chi connectivity index (χ3v) is 4.73. The molecular weight excluding hydrogens is 454 g/mol. The lowest BCUT2D eigenvalue weighted by atomic mass is 10.1. The average Bonchev–Trinajstić information content (AvgIpc) is 2.69. The van der Waals surface area contributed by atoms with Crippen LogP contribution < -0.4 is 4.74 Å². The lowest BCUT2D eigenvalue weighted by molar-refractivity contribution is -0.394. The predicted molar refractivity (Wildman–Crippen MR) is 117 cm³/mol. The molecule has 0 aliphatic rings. The van der Waals surface area contributed by atoms with Gasteiger partial charge in [0.25, 0.3) is 5.69 Å². The molecule has 0 aliphatic carbocycles. The van der Waals surface area contributed by atoms with Crippen LogP contribution in [0.4, 0.5) is 17.1 Å². The monoisotopic (exact) mass is 469 g/mol. The van der Waals surface area contributed by atoms with Gasteiger partial charge in [0.15, 0.2) is 0 Å². The molecule has 0 heterocycles. The Morgan fingerprint density at radius 1 is 0.933 bits per heavy atom. The first-order chi connectivity index (χ1) is 14.2. The summed E-state index contributed by atoms with van der Waals surface area (Å²) in [6, 6.07) is 14.2. The molecule has 0 N–H and O–H groups in total. The minimum absolute atomic E-state index is 0.103. The van der Waals surface area contributed by atoms with Gasteiger partial charge in [-0.2, -0.15) is 0 Å². The standard InChI is InChI=1S/C21H16BrN3O5/c1-13-3-6-18(14(2)9-13)23-12-15-10-16(22)4-7-20(15)30-21-8-5-17(24(26)27)11-19(21)25(28)29/h3-12H,1-2H3. The van der Waals surface area contributed by atoms with E-state index in [0.717, 1.165) is 33.4 Å². The van der Waals surface area contributed by atoms with Gasteiger partial charge in [0.1, 0.15) is 5.75 Å². The molecule has 8 nitrogen and oxygen atoms in total. The van der Waals surface area contributed by atoms with Crippen LogP contribution in [0.3, 0.4) is 0 Å². The van der Waals surface area contributed by atoms with E-state index < -0.39 is 15.5 Å². The van der Waals surface area contributed by atoms with Crippen molar-refractivity contribution in [1.29, 1.82) is 0 Å². The molecule has 30 heavy (non-hydrogen) atoms. The summed E-state index contributed by atoms with van der Waals surface area (Å²) in [6.07, 6.45) is 1.61. The third-order valence-electron chi connectivity index (χ3n) is 4.24. The molecule has 152 valence electrons. The van der Waals surface area contributed by atoms with Gasteiger partial charge in [-0.25, -0.2) is 0 Å². The van der Waals surface area contributed by atoms with Gasteiger partial charge in [0.05, 0.1) is 21.6 Å². The topological polar surface area (TPSA) is 108 Å². The maximum Gasteiger partial charge on any atom is 0.318 e. The van der Waals surface area contributed by atoms with Gasteiger partial charge in [-0.15, -0.1) is 0 Å². The zero-order valence-corrected chi connectivity index (χ0v) is 17.6. The van der Waals surface area contributed by atoms with E-state index in [0.29, 0.717) is 11.3 Å². The van der Waals surface area contributed by atoms with Crippen LogP contribution >= 0.6 is 15.9 Å². The van der Waals surface area contributed by atoms with Crippen molar-refractivity contribution < 1.29 is 14.6 Å². The number of hydrogen-bond donors (Lipinski definition) is 0. The molecule has 3 aromatic carbocycles. The van der Waals surface area contributed by atoms with E-state index in [9.17, 15) is 20.2 Å². The molecule has 0 saturated heterocycles. The number of ether oxygens (including phenoxy) is 1. The molecule has 0 unspecified atom stereocenters. The van der Waals surface area contributed by atoms with E-state index in [1.54, 1.807) is 24.4 Å². The van der Waals surface area contributed by atoms with Crippen molar-refractivity contribution >= 4 is 39.2 Å². The van der Waals surface area contributed by atoms with Crippen molar-refractivity contribution in [2.75, 3.05) is 0 Å². The summed E-state index contributed by atoms with van der Waals surface area (Å²) < 4.78 is 6.53. The average molecular weight is 470 g/mol. The molecule has 0 saturated carbocycles. The van der Waals surface area contributed by atoms with Gasteiger partial charge < -0.3 is 4.74 Å². The third kappa shape index (κ3) is 4.87. The SMILES string of the molecule is Cc1ccc(N=Cc2cc(Br)ccc2Oc2ccc([N+](=O)[O-])cc2[N+](=O)[O-])c(C)c1. The molecule has 3 rings (SSSR count). The van der Waals surface area contributed by atoms with E-state index >= 15 is 0 Å². The maximum absolute atomic E-state index is 11.4. The summed E-state index contributed by atoms with van der Waals surface area (Å²) in [7, 11) is 0. The second-order valence-electron chi connectivity index (χ2n) is 6.50. The fourth-order valence-corrected chi connectivity index (χ4v) is 3.15. The van der Waals surface area contributed by atoms with Crippen molar-refractivity contribution in [1.82, 2.24) is 0 Å². The molecule has 0 bridgehead atoms. The van der Waals surface area contributed by atoms with Crippen molar-refractivity contribution in [3.05, 3.63) is 96.0 Å². The number of aryl methyl sites for hydroxylation is 2. The number of aliphatic imine (C=N–C) groups is 1. The van der Waals surface area contributed by atoms with Crippen LogP contribution in [0.2, 0.25) is 0 Å². The minimum Gasteiger partial charge on any atom is -0.449 e. The van der Waals surface area contributed by atoms with Gasteiger partial charge in [0.2, 0.25) is 5.75 Å². The Hall–Kier alpha value is -3.59. The smallest absolute Gasteiger partial charge is 0.318 e. The van der Waals surface area contributed by atoms with Crippen molar-refractivity contribution in [3.63, 3.8) is 0 Å². The number of nitro groups is 2. The molecule has 0 fully saturated rings. The number of nitrogens with zero attached hydrogens (tertiary/aromatic N) is 3. The first-order valence-electron chi connectivity index (χ1n) is 8.76. The Morgan fingerprint density at radius 2 is 1.67 bits per heavy atom. The van der Waals surface area contributed by atoms with Crippen molar-refractivity contribution in [3.8, 4) is 11.5 Å². The van der Waals surface area contributed by atoms with Crippen LogP contribution in [0.25, 0.3) is 0 Å². The molecule has 0 aromatic heterocycles. The normalized spacial score (nSPS) is 10.9. The van der Waals surface area contributed by atoms with Crippen LogP contribution in [0.5, 0.6) is 11.5 Å². The number of nitro benzene ring substituents is 2. The summed E-state index contributed by atoms with van der Waals surface area (Å²) in [4.78, 5) is 25.4. The summed E-state index contributed by atoms with van der Waals surface area (Å²) in [5.74, 6) is 0.220. The summed E-state index contributed by atoms with van der Waals surface area (Å²) in [5, 5.41) is 22.3. The van der Waals surface area contributed by atoms with Crippen LogP contribution in [0.15, 0.2) is 64.1 Å². The lowest BCUT2D eigenvalue weighted by Gasteiger charge is -2.10. The Balaban J connectivity index is 1.99. The number of hydrogen-bond acceptors (Lipinski definition) is 6. The number of benzene rings is 3. The quantitative estimate of drug-likeness (QED) is 0.235. The zero-order chi connectivity index (χ0) is 21.8. The van der Waals surface area contributed by atoms with Crippen LogP contribution in [0, 0.1) is 34.1 Å². The Bertz CT molecular complexity index is 1180. The van der Waals surface area contributed by atoms with Crippen LogP contribution in [-0.2, 0) is 0 Å². The largest absolute Gasteiger partial charge is 0.449 e. The predicted octanol–water partition coefficient (Wildman–Crippen LogP) is 6.43. The highest BCUT2D eigenvalue weighted by Gasteiger charge is 2.21. The molecule has 0 atom stereocenters. The van der Waals surface area contributed by atoms with Crippen molar-refractivity contribution in [2.45, 2.75) is 13.8 Å². The maximum atomic E-state index is 11.4. The molecular formula is C21H16BrN3O5. The summed E-state index contributed by atoms with van der Waals surface area (Å²) >= 11 is 3.39.